The summed E-state index contributed by atoms with van der Waals surface area (Å²) >= 11 is 5.38. The zero-order valence-electron chi connectivity index (χ0n) is 46.6. The van der Waals surface area contributed by atoms with Crippen LogP contribution < -0.4 is 15.2 Å². The molecule has 18 N–H and O–H groups in total. The number of hydrogen-bond donors (Lipinski definition) is 17. The van der Waals surface area contributed by atoms with Gasteiger partial charge in [0.2, 0.25) is 5.75 Å². The summed E-state index contributed by atoms with van der Waals surface area (Å²) in [5.41, 5.74) is 2.76. The lowest BCUT2D eigenvalue weighted by Gasteiger charge is -2.09. The molecule has 0 aromatic heterocycles. The van der Waals surface area contributed by atoms with Crippen molar-refractivity contribution >= 4 is 23.0 Å². The van der Waals surface area contributed by atoms with Crippen molar-refractivity contribution in [3.63, 3.8) is 0 Å². The van der Waals surface area contributed by atoms with Gasteiger partial charge >= 0.3 is 18.0 Å². The lowest BCUT2D eigenvalue weighted by molar-refractivity contribution is -0.386. The maximum absolute atomic E-state index is 12.0. The lowest BCUT2D eigenvalue weighted by Crippen LogP contribution is -2.05. The van der Waals surface area contributed by atoms with E-state index in [1.54, 1.807) is 50.4 Å². The number of aromatic hydroxyl groups is 16. The van der Waals surface area contributed by atoms with Gasteiger partial charge in [0.25, 0.3) is 0 Å². The number of benzene rings is 9. The van der Waals surface area contributed by atoms with E-state index in [0.29, 0.717) is 17.4 Å². The van der Waals surface area contributed by atoms with Crippen LogP contribution in [-0.4, -0.2) is 101 Å². The third-order valence-electron chi connectivity index (χ3n) is 10.3. The smallest absolute Gasteiger partial charge is 0.423 e. The molecular weight excluding hydrogens is 1230 g/mol. The number of nitrogen functional groups attached to an aromatic ring is 1. The number of methoxy groups -OCH3 is 2. The molecule has 90 heavy (non-hydrogen) atoms. The molecule has 0 radical (unpaired) electrons. The summed E-state index contributed by atoms with van der Waals surface area (Å²) in [4.78, 5) is 9.29. The molecular formula is C60H56ClF6N3O20. The second kappa shape index (κ2) is 36.7. The van der Waals surface area contributed by atoms with Gasteiger partial charge in [-0.25, -0.2) is 0 Å². The highest BCUT2D eigenvalue weighted by molar-refractivity contribution is 6.33. The third-order valence-corrected chi connectivity index (χ3v) is 10.7. The standard InChI is InChI=1S/C7H5F3O2.C7H5F3O.C7H5NO2.C7H8O3.2C7H8O2.C6H5ClO2.C6H5NO4.C6H7NO2/c8-7(9,10)6-4(11)2-1-3-5(6)12;8-7(9,10)5-2-1-3-6(11)4-5;8-4-5-6(9)2-1-3-7(5)10;1-10-7-5(8)3-2-4-6(7)9;1-9-7-4-2-3-6(8)5-7;1-5-6(8)3-2-4-7(5)9;7-6-4(8)2-1-3-5(6)9;8-4-2-1-3-5(9)6(4)7(10)11;7-6-4(8)2-1-3-5(6)9/h1-3,11-12H;1-4,11H;1-3,9-10H;2-4,8-9H,1H3;2-5,8H,1H3;2-4,8-9H,1H3;1-3,8-9H;1-3,8-9H;1-3,8-9H,7H2. The number of nitriles is 1. The quantitative estimate of drug-likeness (QED) is 0.0257. The molecule has 0 atom stereocenters. The van der Waals surface area contributed by atoms with Crippen molar-refractivity contribution in [1.29, 1.82) is 5.26 Å². The number of nitro groups is 1. The highest BCUT2D eigenvalue weighted by Gasteiger charge is 2.37. The number of phenols is 16. The van der Waals surface area contributed by atoms with E-state index in [2.05, 4.69) is 4.74 Å². The predicted octanol–water partition coefficient (Wildman–Crippen LogP) is 12.8. The number of para-hydroxylation sites is 3. The topological polar surface area (TPSA) is 435 Å². The van der Waals surface area contributed by atoms with Gasteiger partial charge in [-0.1, -0.05) is 66.2 Å². The molecule has 0 bridgehead atoms. The van der Waals surface area contributed by atoms with Crippen LogP contribution in [-0.2, 0) is 12.4 Å². The number of alkyl halides is 6. The van der Waals surface area contributed by atoms with Crippen molar-refractivity contribution in [2.75, 3.05) is 20.0 Å². The van der Waals surface area contributed by atoms with Crippen LogP contribution in [0.4, 0.5) is 37.7 Å². The van der Waals surface area contributed by atoms with E-state index < -0.39 is 57.1 Å². The minimum atomic E-state index is -4.73. The number of nitro benzene ring substituents is 1. The molecule has 0 saturated carbocycles. The van der Waals surface area contributed by atoms with Crippen LogP contribution in [0.15, 0.2) is 176 Å². The minimum absolute atomic E-state index is 0.00231. The van der Waals surface area contributed by atoms with E-state index in [4.69, 9.17) is 109 Å². The summed E-state index contributed by atoms with van der Waals surface area (Å²) in [6.07, 6.45) is -9.10. The summed E-state index contributed by atoms with van der Waals surface area (Å²) in [7, 11) is 2.95. The maximum atomic E-state index is 12.0. The zero-order valence-corrected chi connectivity index (χ0v) is 47.4. The Bertz CT molecular complexity index is 3520. The van der Waals surface area contributed by atoms with Crippen molar-refractivity contribution in [2.24, 2.45) is 0 Å². The van der Waals surface area contributed by atoms with E-state index in [0.717, 1.165) is 42.5 Å². The van der Waals surface area contributed by atoms with Crippen molar-refractivity contribution in [3.8, 4) is 110 Å². The number of anilines is 1. The molecule has 480 valence electrons. The Kier molecular flexibility index (Phi) is 31.0. The molecule has 0 aliphatic carbocycles. The normalized spacial score (nSPS) is 9.83. The second-order valence-corrected chi connectivity index (χ2v) is 17.1. The first-order valence-electron chi connectivity index (χ1n) is 24.3. The Morgan fingerprint density at radius 1 is 0.456 bits per heavy atom. The Morgan fingerprint density at radius 3 is 1.03 bits per heavy atom. The van der Waals surface area contributed by atoms with Crippen LogP contribution in [0.5, 0.6) is 103 Å². The Labute approximate surface area is 511 Å². The van der Waals surface area contributed by atoms with Crippen LogP contribution in [0, 0.1) is 28.4 Å². The molecule has 0 spiro atoms. The Balaban J connectivity index is 0.000000507. The third kappa shape index (κ3) is 26.1. The van der Waals surface area contributed by atoms with Gasteiger partial charge in [-0.3, -0.25) is 10.1 Å². The Hall–Kier alpha value is -12.1. The van der Waals surface area contributed by atoms with Crippen molar-refractivity contribution < 1.29 is 122 Å². The molecule has 9 aromatic carbocycles. The average molecular weight is 1290 g/mol. The van der Waals surface area contributed by atoms with Crippen molar-refractivity contribution in [1.82, 2.24) is 0 Å². The second-order valence-electron chi connectivity index (χ2n) is 16.7. The summed E-state index contributed by atoms with van der Waals surface area (Å²) in [5.74, 6) is -2.96. The molecule has 23 nitrogen and oxygen atoms in total. The maximum Gasteiger partial charge on any atom is 0.423 e. The highest BCUT2D eigenvalue weighted by atomic mass is 35.5. The van der Waals surface area contributed by atoms with Gasteiger partial charge in [0.1, 0.15) is 103 Å². The van der Waals surface area contributed by atoms with E-state index in [9.17, 15) is 36.5 Å². The summed E-state index contributed by atoms with van der Waals surface area (Å²) in [6, 6.07) is 40.6. The first kappa shape index (κ1) is 76.0. The monoisotopic (exact) mass is 1290 g/mol. The van der Waals surface area contributed by atoms with Gasteiger partial charge in [0.05, 0.1) is 24.7 Å². The van der Waals surface area contributed by atoms with Crippen LogP contribution >= 0.6 is 11.6 Å². The van der Waals surface area contributed by atoms with Gasteiger partial charge in [0, 0.05) is 11.6 Å². The van der Waals surface area contributed by atoms with Crippen molar-refractivity contribution in [2.45, 2.75) is 19.3 Å². The minimum Gasteiger partial charge on any atom is -0.508 e. The van der Waals surface area contributed by atoms with E-state index in [1.807, 2.05) is 0 Å². The van der Waals surface area contributed by atoms with E-state index in [1.165, 1.54) is 104 Å². The summed E-state index contributed by atoms with van der Waals surface area (Å²) < 4.78 is 81.0. The SMILES string of the molecule is COc1c(O)cccc1O.COc1cccc(O)c1.Cc1c(O)cccc1O.N#Cc1c(O)cccc1O.Nc1c(O)cccc1O.O=[N+]([O-])c1c(O)cccc1O.Oc1cccc(C(F)(F)F)c1.Oc1cccc(O)c1C(F)(F)F.Oc1cccc(O)c1Cl. The van der Waals surface area contributed by atoms with Crippen LogP contribution in [0.1, 0.15) is 22.3 Å². The van der Waals surface area contributed by atoms with Crippen LogP contribution in [0.3, 0.4) is 0 Å². The molecule has 0 aliphatic rings. The Morgan fingerprint density at radius 2 is 0.789 bits per heavy atom. The predicted molar refractivity (Wildman–Crippen MR) is 313 cm³/mol. The number of nitrogens with zero attached hydrogens (tertiary/aromatic N) is 2. The summed E-state index contributed by atoms with van der Waals surface area (Å²) in [5, 5.41) is 160. The number of phenolic OH excluding ortho intramolecular Hbond substituents is 16. The lowest BCUT2D eigenvalue weighted by atomic mass is 10.2. The van der Waals surface area contributed by atoms with Gasteiger partial charge < -0.3 is 96.9 Å². The van der Waals surface area contributed by atoms with Gasteiger partial charge in [-0.05, 0) is 122 Å². The number of halogens is 7. The molecule has 9 aromatic rings. The molecule has 0 unspecified atom stereocenters. The zero-order chi connectivity index (χ0) is 68.6. The van der Waals surface area contributed by atoms with Gasteiger partial charge in [-0.2, -0.15) is 31.6 Å². The number of rotatable bonds is 3. The number of ether oxygens (including phenoxy) is 2. The van der Waals surface area contributed by atoms with E-state index in [-0.39, 0.29) is 91.0 Å². The number of nitrogens with two attached hydrogens (primary N) is 1. The van der Waals surface area contributed by atoms with Gasteiger partial charge in [0.15, 0.2) is 23.0 Å². The van der Waals surface area contributed by atoms with E-state index >= 15 is 0 Å². The van der Waals surface area contributed by atoms with Crippen LogP contribution in [0.2, 0.25) is 5.02 Å². The van der Waals surface area contributed by atoms with Gasteiger partial charge in [-0.15, -0.1) is 0 Å². The molecule has 0 fully saturated rings. The fourth-order valence-corrected chi connectivity index (χ4v) is 5.97. The largest absolute Gasteiger partial charge is 0.508 e. The first-order valence-corrected chi connectivity index (χ1v) is 24.7. The highest BCUT2D eigenvalue weighted by Crippen LogP contribution is 2.41. The fourth-order valence-electron chi connectivity index (χ4n) is 5.84. The molecule has 0 saturated heterocycles. The average Bonchev–Trinajstić information content (AvgIpc) is 1.98. The first-order chi connectivity index (χ1) is 42.0. The molecule has 30 heteroatoms. The molecule has 9 rings (SSSR count). The fraction of sp³-hybridized carbons (Fsp3) is 0.0833. The van der Waals surface area contributed by atoms with Crippen molar-refractivity contribution in [3.05, 3.63) is 213 Å². The summed E-state index contributed by atoms with van der Waals surface area (Å²) in [6.45, 7) is 1.66. The van der Waals surface area contributed by atoms with Crippen LogP contribution in [0.25, 0.3) is 0 Å². The molecule has 0 amide bonds. The molecule has 0 aliphatic heterocycles. The number of hydrogen-bond acceptors (Lipinski definition) is 22. The molecule has 0 heterocycles.